The number of benzene rings is 2. The number of rotatable bonds is 8. The van der Waals surface area contributed by atoms with Gasteiger partial charge in [0.2, 0.25) is 0 Å². The first-order valence-electron chi connectivity index (χ1n) is 14.9. The maximum Gasteiger partial charge on any atom is 0.254 e. The van der Waals surface area contributed by atoms with Crippen LogP contribution in [0.2, 0.25) is 5.02 Å². The van der Waals surface area contributed by atoms with Gasteiger partial charge in [0.1, 0.15) is 12.4 Å². The quantitative estimate of drug-likeness (QED) is 0.432. The van der Waals surface area contributed by atoms with E-state index in [1.54, 1.807) is 4.90 Å². The fraction of sp³-hybridized carbons (Fsp3) is 0.562. The predicted molar refractivity (Wildman–Crippen MR) is 164 cm³/mol. The fourth-order valence-electron chi connectivity index (χ4n) is 5.77. The lowest BCUT2D eigenvalue weighted by atomic mass is 10.1. The molecule has 0 radical (unpaired) electrons. The van der Waals surface area contributed by atoms with Crippen LogP contribution in [0.4, 0.5) is 5.69 Å². The Hall–Kier alpha value is -2.65. The molecule has 0 saturated carbocycles. The highest BCUT2D eigenvalue weighted by atomic mass is 35.5. The van der Waals surface area contributed by atoms with E-state index in [2.05, 4.69) is 23.6 Å². The van der Waals surface area contributed by atoms with Gasteiger partial charge in [-0.25, -0.2) is 0 Å². The first-order chi connectivity index (χ1) is 19.8. The Kier molecular flexibility index (Phi) is 11.5. The van der Waals surface area contributed by atoms with Crippen molar-refractivity contribution >= 4 is 29.1 Å². The van der Waals surface area contributed by atoms with Crippen LogP contribution in [0.5, 0.6) is 5.75 Å². The molecule has 2 aliphatic rings. The van der Waals surface area contributed by atoms with Gasteiger partial charge in [0.05, 0.1) is 12.3 Å². The number of likely N-dealkylation sites (tertiary alicyclic amines) is 1. The van der Waals surface area contributed by atoms with Gasteiger partial charge in [-0.2, -0.15) is 0 Å². The minimum atomic E-state index is -0.123. The topological polar surface area (TPSA) is 65.6 Å². The molecule has 2 aromatic carbocycles. The summed E-state index contributed by atoms with van der Waals surface area (Å²) in [6.07, 6.45) is 3.21. The summed E-state index contributed by atoms with van der Waals surface area (Å²) < 4.78 is 11.1. The number of halogens is 1. The highest BCUT2D eigenvalue weighted by Crippen LogP contribution is 2.29. The number of methoxy groups -OCH3 is 1. The molecule has 0 spiro atoms. The van der Waals surface area contributed by atoms with Gasteiger partial charge in [-0.3, -0.25) is 19.4 Å². The lowest BCUT2D eigenvalue weighted by molar-refractivity contribution is -0.122. The molecule has 4 rings (SSSR count). The van der Waals surface area contributed by atoms with Crippen LogP contribution in [0, 0.1) is 0 Å². The van der Waals surface area contributed by atoms with Crippen molar-refractivity contribution in [1.29, 1.82) is 0 Å². The molecule has 0 bridgehead atoms. The normalized spacial score (nSPS) is 17.4. The number of hydrogen-bond donors (Lipinski definition) is 0. The minimum absolute atomic E-state index is 0.0194. The smallest absolute Gasteiger partial charge is 0.254 e. The van der Waals surface area contributed by atoms with Crippen molar-refractivity contribution in [3.63, 3.8) is 0 Å². The van der Waals surface area contributed by atoms with Crippen LogP contribution in [0.1, 0.15) is 61.5 Å². The number of nitrogens with zero attached hydrogens (tertiary/aromatic N) is 4. The largest absolute Gasteiger partial charge is 0.494 e. The number of carbonyl (C=O) groups is 2. The Balaban J connectivity index is 1.70. The third-order valence-corrected chi connectivity index (χ3v) is 8.20. The molecule has 2 heterocycles. The second-order valence-electron chi connectivity index (χ2n) is 11.2. The third kappa shape index (κ3) is 8.22. The number of fused-ring (bicyclic) bond motifs is 1. The average molecular weight is 585 g/mol. The lowest BCUT2D eigenvalue weighted by Gasteiger charge is -2.30. The first kappa shape index (κ1) is 31.3. The van der Waals surface area contributed by atoms with Crippen molar-refractivity contribution in [3.8, 4) is 5.75 Å². The number of carbonyl (C=O) groups excluding carboxylic acids is 2. The minimum Gasteiger partial charge on any atom is -0.494 e. The van der Waals surface area contributed by atoms with Gasteiger partial charge in [0.25, 0.3) is 11.8 Å². The number of hydrogen-bond acceptors (Lipinski definition) is 6. The van der Waals surface area contributed by atoms with E-state index in [-0.39, 0.29) is 18.4 Å². The lowest BCUT2D eigenvalue weighted by Crippen LogP contribution is -2.41. The van der Waals surface area contributed by atoms with Crippen LogP contribution >= 0.6 is 11.6 Å². The van der Waals surface area contributed by atoms with E-state index >= 15 is 0 Å². The van der Waals surface area contributed by atoms with E-state index in [4.69, 9.17) is 21.1 Å². The molecule has 1 saturated heterocycles. The van der Waals surface area contributed by atoms with Crippen molar-refractivity contribution in [2.24, 2.45) is 0 Å². The number of anilines is 1. The fourth-order valence-corrected chi connectivity index (χ4v) is 5.93. The highest BCUT2D eigenvalue weighted by Gasteiger charge is 2.26. The Morgan fingerprint density at radius 1 is 0.951 bits per heavy atom. The molecule has 41 heavy (non-hydrogen) atoms. The van der Waals surface area contributed by atoms with Gasteiger partial charge in [-0.15, -0.1) is 0 Å². The van der Waals surface area contributed by atoms with E-state index < -0.39 is 0 Å². The van der Waals surface area contributed by atoms with Crippen LogP contribution in [0.25, 0.3) is 0 Å². The van der Waals surface area contributed by atoms with E-state index in [0.717, 1.165) is 61.7 Å². The summed E-state index contributed by atoms with van der Waals surface area (Å²) in [7, 11) is 1.53. The van der Waals surface area contributed by atoms with E-state index in [1.165, 1.54) is 20.0 Å². The van der Waals surface area contributed by atoms with Crippen LogP contribution in [0.3, 0.4) is 0 Å². The predicted octanol–water partition coefficient (Wildman–Crippen LogP) is 5.07. The molecule has 8 nitrogen and oxygen atoms in total. The molecular formula is C32H45ClN4O4. The van der Waals surface area contributed by atoms with Gasteiger partial charge < -0.3 is 19.3 Å². The Morgan fingerprint density at radius 2 is 1.73 bits per heavy atom. The average Bonchev–Trinajstić information content (AvgIpc) is 3.45. The SMILES string of the molecule is CCOc1ccc(C(=O)N2CCN(C(C)C)CCCN(C(=O)COC)c3cc(Cl)ccc3C2)cc1CN1CCCC1. The molecule has 2 aromatic rings. The maximum absolute atomic E-state index is 14.2. The Labute approximate surface area is 250 Å². The standard InChI is InChI=1S/C32H45ClN4O4/c1-5-41-30-12-10-25(19-27(30)21-34-13-6-7-14-34)32(39)36-18-17-35(24(2)3)15-8-16-37(31(38)23-40-4)29-20-28(33)11-9-26(29)22-36/h9-12,19-20,24H,5-8,13-18,21-23H2,1-4H3. The van der Waals surface area contributed by atoms with Crippen LogP contribution in [-0.4, -0.2) is 92.1 Å². The third-order valence-electron chi connectivity index (χ3n) is 7.97. The Bertz CT molecular complexity index is 1180. The molecule has 0 aromatic heterocycles. The maximum atomic E-state index is 14.2. The van der Waals surface area contributed by atoms with Crippen LogP contribution in [0.15, 0.2) is 36.4 Å². The molecule has 2 amide bonds. The van der Waals surface area contributed by atoms with Gasteiger partial charge in [0.15, 0.2) is 0 Å². The van der Waals surface area contributed by atoms with Gasteiger partial charge in [-0.05, 0) is 89.0 Å². The summed E-state index contributed by atoms with van der Waals surface area (Å²) in [5, 5.41) is 0.550. The summed E-state index contributed by atoms with van der Waals surface area (Å²) in [5.74, 6) is 0.684. The number of amides is 2. The zero-order valence-corrected chi connectivity index (χ0v) is 25.8. The number of ether oxygens (including phenoxy) is 2. The molecular weight excluding hydrogens is 540 g/mol. The molecule has 9 heteroatoms. The van der Waals surface area contributed by atoms with Crippen molar-refractivity contribution in [1.82, 2.24) is 14.7 Å². The molecule has 0 N–H and O–H groups in total. The zero-order valence-electron chi connectivity index (χ0n) is 25.0. The van der Waals surface area contributed by atoms with Crippen molar-refractivity contribution in [3.05, 3.63) is 58.1 Å². The molecule has 2 aliphatic heterocycles. The van der Waals surface area contributed by atoms with Gasteiger partial charge >= 0.3 is 0 Å². The van der Waals surface area contributed by atoms with E-state index in [1.807, 2.05) is 48.2 Å². The van der Waals surface area contributed by atoms with Crippen molar-refractivity contribution < 1.29 is 19.1 Å². The summed E-state index contributed by atoms with van der Waals surface area (Å²) in [6, 6.07) is 11.7. The molecule has 0 aliphatic carbocycles. The zero-order chi connectivity index (χ0) is 29.4. The van der Waals surface area contributed by atoms with E-state index in [0.29, 0.717) is 42.9 Å². The van der Waals surface area contributed by atoms with Gasteiger partial charge in [0, 0.05) is 68.6 Å². The molecule has 224 valence electrons. The second kappa shape index (κ2) is 15.0. The van der Waals surface area contributed by atoms with Crippen molar-refractivity contribution in [2.75, 3.05) is 64.5 Å². The van der Waals surface area contributed by atoms with Crippen molar-refractivity contribution in [2.45, 2.75) is 59.2 Å². The van der Waals surface area contributed by atoms with Gasteiger partial charge in [-0.1, -0.05) is 17.7 Å². The monoisotopic (exact) mass is 584 g/mol. The van der Waals surface area contributed by atoms with Crippen LogP contribution in [-0.2, 0) is 22.6 Å². The summed E-state index contributed by atoms with van der Waals surface area (Å²) in [5.41, 5.74) is 3.31. The molecule has 0 unspecified atom stereocenters. The Morgan fingerprint density at radius 3 is 2.44 bits per heavy atom. The summed E-state index contributed by atoms with van der Waals surface area (Å²) in [6.45, 7) is 12.8. The summed E-state index contributed by atoms with van der Waals surface area (Å²) in [4.78, 5) is 35.9. The first-order valence-corrected chi connectivity index (χ1v) is 15.3. The van der Waals surface area contributed by atoms with E-state index in [9.17, 15) is 9.59 Å². The summed E-state index contributed by atoms with van der Waals surface area (Å²) >= 11 is 6.44. The highest BCUT2D eigenvalue weighted by molar-refractivity contribution is 6.31. The molecule has 0 atom stereocenters. The van der Waals surface area contributed by atoms with Crippen LogP contribution < -0.4 is 9.64 Å². The second-order valence-corrected chi connectivity index (χ2v) is 11.6. The molecule has 1 fully saturated rings.